The van der Waals surface area contributed by atoms with E-state index in [2.05, 4.69) is 0 Å². The van der Waals surface area contributed by atoms with Gasteiger partial charge in [0.2, 0.25) is 16.6 Å². The molecule has 0 fully saturated rings. The first-order valence-electron chi connectivity index (χ1n) is 6.95. The lowest BCUT2D eigenvalue weighted by molar-refractivity contribution is 0.0719. The van der Waals surface area contributed by atoms with E-state index < -0.39 is 16.6 Å². The molecule has 0 N–H and O–H groups in total. The fourth-order valence-electron chi connectivity index (χ4n) is 1.70. The average Bonchev–Trinajstić information content (AvgIpc) is 2.80. The maximum absolute atomic E-state index is 12.1. The molecule has 0 saturated carbocycles. The van der Waals surface area contributed by atoms with Crippen LogP contribution in [0.5, 0.6) is 0 Å². The van der Waals surface area contributed by atoms with E-state index in [1.807, 2.05) is 39.3 Å². The van der Waals surface area contributed by atoms with E-state index >= 15 is 0 Å². The molecule has 0 radical (unpaired) electrons. The maximum Gasteiger partial charge on any atom is 0.335 e. The number of fused-ring (bicyclic) bond motifs is 1. The predicted octanol–water partition coefficient (Wildman–Crippen LogP) is 4.95. The molecule has 2 heterocycles. The lowest BCUT2D eigenvalue weighted by atomic mass is 10.3. The largest absolute Gasteiger partial charge is 0.516 e. The van der Waals surface area contributed by atoms with Gasteiger partial charge in [-0.1, -0.05) is 0 Å². The number of carbonyl (C=O) groups excluding carboxylic acids is 2. The molecule has 8 heteroatoms. The molecule has 0 saturated heterocycles. The summed E-state index contributed by atoms with van der Waals surface area (Å²) in [4.78, 5) is 25.3. The topological polar surface area (TPSA) is 52.6 Å². The Balaban J connectivity index is 2.20. The first-order chi connectivity index (χ1) is 9.94. The second-order valence-electron chi connectivity index (χ2n) is 6.97. The molecule has 0 aromatic carbocycles. The van der Waals surface area contributed by atoms with E-state index in [1.165, 1.54) is 22.7 Å². The molecule has 2 rings (SSSR count). The number of thiophene rings is 2. The molecule has 0 spiro atoms. The van der Waals surface area contributed by atoms with E-state index in [-0.39, 0.29) is 11.9 Å². The second kappa shape index (κ2) is 5.91. The van der Waals surface area contributed by atoms with Gasteiger partial charge in [-0.25, -0.2) is 9.59 Å². The quantitative estimate of drug-likeness (QED) is 0.713. The smallest absolute Gasteiger partial charge is 0.335 e. The van der Waals surface area contributed by atoms with Crippen LogP contribution in [0.4, 0.5) is 0 Å². The van der Waals surface area contributed by atoms with E-state index in [4.69, 9.17) is 8.85 Å². The molecule has 0 amide bonds. The van der Waals surface area contributed by atoms with Gasteiger partial charge in [-0.3, -0.25) is 0 Å². The molecule has 0 atom stereocenters. The van der Waals surface area contributed by atoms with Gasteiger partial charge in [0.15, 0.2) is 0 Å². The molecule has 22 heavy (non-hydrogen) atoms. The summed E-state index contributed by atoms with van der Waals surface area (Å²) in [6.45, 7) is 11.9. The Kier molecular flexibility index (Phi) is 4.67. The van der Waals surface area contributed by atoms with Gasteiger partial charge < -0.3 is 8.85 Å². The second-order valence-corrected chi connectivity index (χ2v) is 18.2. The maximum atomic E-state index is 12.1. The highest BCUT2D eigenvalue weighted by atomic mass is 32.2. The highest BCUT2D eigenvalue weighted by Gasteiger charge is 2.25. The summed E-state index contributed by atoms with van der Waals surface area (Å²) >= 11 is 2.74. The number of rotatable bonds is 4. The molecular formula is C14H20O4S2Si2. The van der Waals surface area contributed by atoms with Gasteiger partial charge in [0.1, 0.15) is 9.75 Å². The van der Waals surface area contributed by atoms with Crippen molar-refractivity contribution in [2.75, 3.05) is 0 Å². The van der Waals surface area contributed by atoms with Crippen LogP contribution in [0.1, 0.15) is 19.3 Å². The molecule has 0 aliphatic carbocycles. The van der Waals surface area contributed by atoms with Gasteiger partial charge in [0.25, 0.3) is 0 Å². The zero-order valence-corrected chi connectivity index (χ0v) is 17.2. The third-order valence-electron chi connectivity index (χ3n) is 2.41. The minimum atomic E-state index is -1.90. The van der Waals surface area contributed by atoms with Crippen LogP contribution in [0.15, 0.2) is 12.1 Å². The lowest BCUT2D eigenvalue weighted by Gasteiger charge is -2.16. The number of hydrogen-bond donors (Lipinski definition) is 0. The average molecular weight is 373 g/mol. The van der Waals surface area contributed by atoms with Gasteiger partial charge >= 0.3 is 11.9 Å². The first kappa shape index (κ1) is 17.4. The van der Waals surface area contributed by atoms with Gasteiger partial charge in [0.05, 0.1) is 4.01 Å². The molecule has 4 nitrogen and oxygen atoms in total. The van der Waals surface area contributed by atoms with Crippen LogP contribution in [-0.4, -0.2) is 28.6 Å². The molecule has 120 valence electrons. The van der Waals surface area contributed by atoms with Crippen LogP contribution in [0, 0.1) is 0 Å². The summed E-state index contributed by atoms with van der Waals surface area (Å²) in [5, 5.41) is 0.903. The standard InChI is InChI=1S/C14H20O4S2Si2/c1-21(2,3)17-12(15)10-7-9-8-11(20-14(9)19-10)13(16)18-22(4,5)6/h7-8H,1-6H3. The monoisotopic (exact) mass is 372 g/mol. The highest BCUT2D eigenvalue weighted by molar-refractivity contribution is 7.39. The van der Waals surface area contributed by atoms with E-state index in [0.717, 1.165) is 9.40 Å². The molecule has 0 aliphatic heterocycles. The molecule has 2 aromatic rings. The Bertz CT molecular complexity index is 630. The Hall–Kier alpha value is -0.966. The molecular weight excluding hydrogens is 352 g/mol. The van der Waals surface area contributed by atoms with Crippen molar-refractivity contribution in [3.05, 3.63) is 21.9 Å². The van der Waals surface area contributed by atoms with Crippen LogP contribution >= 0.6 is 22.7 Å². The minimum Gasteiger partial charge on any atom is -0.516 e. The van der Waals surface area contributed by atoms with Crippen molar-refractivity contribution >= 4 is 60.6 Å². The van der Waals surface area contributed by atoms with Crippen molar-refractivity contribution in [1.82, 2.24) is 0 Å². The Labute approximate surface area is 140 Å². The summed E-state index contributed by atoms with van der Waals surface area (Å²) in [6, 6.07) is 3.59. The molecule has 2 aromatic heterocycles. The predicted molar refractivity (Wildman–Crippen MR) is 97.2 cm³/mol. The molecule has 0 unspecified atom stereocenters. The summed E-state index contributed by atoms with van der Waals surface area (Å²) in [7, 11) is -3.79. The molecule has 0 bridgehead atoms. The summed E-state index contributed by atoms with van der Waals surface area (Å²) in [6.07, 6.45) is 0. The van der Waals surface area contributed by atoms with Crippen molar-refractivity contribution in [3.63, 3.8) is 0 Å². The van der Waals surface area contributed by atoms with Crippen LogP contribution in [0.2, 0.25) is 39.3 Å². The lowest BCUT2D eigenvalue weighted by Crippen LogP contribution is -2.28. The first-order valence-corrected chi connectivity index (χ1v) is 15.4. The minimum absolute atomic E-state index is 0.265. The van der Waals surface area contributed by atoms with Crippen molar-refractivity contribution in [1.29, 1.82) is 0 Å². The summed E-state index contributed by atoms with van der Waals surface area (Å²) in [5.41, 5.74) is 0. The van der Waals surface area contributed by atoms with Gasteiger partial charge in [-0.2, -0.15) is 0 Å². The van der Waals surface area contributed by atoms with Crippen LogP contribution in [-0.2, 0) is 8.85 Å². The van der Waals surface area contributed by atoms with Gasteiger partial charge in [-0.15, -0.1) is 22.7 Å². The van der Waals surface area contributed by atoms with Crippen molar-refractivity contribution in [3.8, 4) is 0 Å². The zero-order chi connectivity index (χ0) is 16.7. The summed E-state index contributed by atoms with van der Waals surface area (Å²) < 4.78 is 11.9. The number of carbonyl (C=O) groups is 2. The van der Waals surface area contributed by atoms with Crippen molar-refractivity contribution < 1.29 is 18.4 Å². The normalized spacial score (nSPS) is 12.5. The fraction of sp³-hybridized carbons (Fsp3) is 0.429. The highest BCUT2D eigenvalue weighted by Crippen LogP contribution is 2.34. The Morgan fingerprint density at radius 1 is 0.818 bits per heavy atom. The van der Waals surface area contributed by atoms with E-state index in [1.54, 1.807) is 12.1 Å². The van der Waals surface area contributed by atoms with Crippen LogP contribution in [0.25, 0.3) is 9.40 Å². The third kappa shape index (κ3) is 4.51. The third-order valence-corrected chi connectivity index (χ3v) is 6.36. The number of hydrogen-bond acceptors (Lipinski definition) is 6. The molecule has 0 aliphatic rings. The van der Waals surface area contributed by atoms with Crippen molar-refractivity contribution in [2.45, 2.75) is 39.3 Å². The van der Waals surface area contributed by atoms with Crippen LogP contribution in [0.3, 0.4) is 0 Å². The van der Waals surface area contributed by atoms with Gasteiger partial charge in [0, 0.05) is 5.39 Å². The SMILES string of the molecule is C[Si](C)(C)OC(=O)c1cc2cc(C(=O)O[Si](C)(C)C)sc2s1. The van der Waals surface area contributed by atoms with Crippen molar-refractivity contribution in [2.24, 2.45) is 0 Å². The fourth-order valence-corrected chi connectivity index (χ4v) is 5.38. The van der Waals surface area contributed by atoms with E-state index in [0.29, 0.717) is 9.75 Å². The Morgan fingerprint density at radius 2 is 1.18 bits per heavy atom. The zero-order valence-electron chi connectivity index (χ0n) is 13.6. The van der Waals surface area contributed by atoms with E-state index in [9.17, 15) is 9.59 Å². The van der Waals surface area contributed by atoms with Crippen LogP contribution < -0.4 is 0 Å². The van der Waals surface area contributed by atoms with Gasteiger partial charge in [-0.05, 0) is 51.4 Å². The Morgan fingerprint density at radius 3 is 1.45 bits per heavy atom. The summed E-state index contributed by atoms with van der Waals surface area (Å²) in [5.74, 6) is -0.530.